The summed E-state index contributed by atoms with van der Waals surface area (Å²) in [6.45, 7) is 5.55. The molecule has 1 aromatic rings. The maximum atomic E-state index is 12.3. The van der Waals surface area contributed by atoms with Gasteiger partial charge in [0.2, 0.25) is 0 Å². The number of carbonyl (C=O) groups excluding carboxylic acids is 2. The molecule has 1 aromatic heterocycles. The first-order chi connectivity index (χ1) is 8.99. The van der Waals surface area contributed by atoms with Crippen molar-refractivity contribution in [2.45, 2.75) is 32.9 Å². The van der Waals surface area contributed by atoms with Crippen LogP contribution in [-0.2, 0) is 4.79 Å². The maximum Gasteiger partial charge on any atom is 0.319 e. The summed E-state index contributed by atoms with van der Waals surface area (Å²) in [4.78, 5) is 23.9. The highest BCUT2D eigenvalue weighted by molar-refractivity contribution is 7.08. The Balaban J connectivity index is 2.36. The Hall–Kier alpha value is -1.82. The molecule has 0 saturated carbocycles. The minimum absolute atomic E-state index is 0.0496. The fourth-order valence-electron chi connectivity index (χ4n) is 2.02. The van der Waals surface area contributed by atoms with Gasteiger partial charge in [0.15, 0.2) is 0 Å². The van der Waals surface area contributed by atoms with Crippen molar-refractivity contribution < 1.29 is 9.59 Å². The first kappa shape index (κ1) is 13.6. The molecule has 0 spiro atoms. The van der Waals surface area contributed by atoms with Crippen LogP contribution in [0.4, 0.5) is 4.79 Å². The topological polar surface area (TPSA) is 70.2 Å². The average molecular weight is 279 g/mol. The van der Waals surface area contributed by atoms with Crippen LogP contribution in [0.3, 0.4) is 0 Å². The largest absolute Gasteiger partial charge is 0.350 e. The van der Waals surface area contributed by atoms with Crippen LogP contribution in [0, 0.1) is 0 Å². The van der Waals surface area contributed by atoms with Crippen LogP contribution in [0.15, 0.2) is 28.1 Å². The van der Waals surface area contributed by atoms with E-state index < -0.39 is 6.04 Å². The van der Waals surface area contributed by atoms with Gasteiger partial charge < -0.3 is 16.0 Å². The highest BCUT2D eigenvalue weighted by Crippen LogP contribution is 2.28. The molecule has 6 heteroatoms. The molecule has 0 fully saturated rings. The van der Waals surface area contributed by atoms with E-state index >= 15 is 0 Å². The van der Waals surface area contributed by atoms with Crippen molar-refractivity contribution in [2.75, 3.05) is 0 Å². The first-order valence-electron chi connectivity index (χ1n) is 6.10. The van der Waals surface area contributed by atoms with Crippen LogP contribution >= 0.6 is 11.3 Å². The van der Waals surface area contributed by atoms with Crippen LogP contribution < -0.4 is 16.0 Å². The third-order valence-corrected chi connectivity index (χ3v) is 3.51. The molecule has 0 radical (unpaired) electrons. The molecule has 19 heavy (non-hydrogen) atoms. The highest BCUT2D eigenvalue weighted by atomic mass is 32.1. The van der Waals surface area contributed by atoms with E-state index in [0.29, 0.717) is 11.3 Å². The second-order valence-corrected chi connectivity index (χ2v) is 5.54. The summed E-state index contributed by atoms with van der Waals surface area (Å²) in [7, 11) is 0. The number of urea groups is 1. The number of amides is 3. The Bertz CT molecular complexity index is 520. The summed E-state index contributed by atoms with van der Waals surface area (Å²) in [6.07, 6.45) is 0. The molecule has 1 aliphatic heterocycles. The molecular formula is C13H17N3O2S. The molecule has 5 nitrogen and oxygen atoms in total. The normalized spacial score (nSPS) is 19.2. The lowest BCUT2D eigenvalue weighted by Crippen LogP contribution is -2.47. The Morgan fingerprint density at radius 2 is 2.21 bits per heavy atom. The molecule has 0 aromatic carbocycles. The predicted molar refractivity (Wildman–Crippen MR) is 74.7 cm³/mol. The third kappa shape index (κ3) is 2.96. The number of thiophene rings is 1. The Kier molecular flexibility index (Phi) is 3.90. The third-order valence-electron chi connectivity index (χ3n) is 2.81. The second kappa shape index (κ2) is 5.44. The lowest BCUT2D eigenvalue weighted by molar-refractivity contribution is -0.118. The van der Waals surface area contributed by atoms with E-state index in [0.717, 1.165) is 5.56 Å². The molecule has 1 atom stereocenters. The fourth-order valence-corrected chi connectivity index (χ4v) is 2.71. The van der Waals surface area contributed by atoms with Gasteiger partial charge in [-0.1, -0.05) is 0 Å². The van der Waals surface area contributed by atoms with Gasteiger partial charge >= 0.3 is 6.03 Å². The van der Waals surface area contributed by atoms with Gasteiger partial charge in [0.1, 0.15) is 0 Å². The van der Waals surface area contributed by atoms with Crippen LogP contribution in [-0.4, -0.2) is 18.0 Å². The van der Waals surface area contributed by atoms with Gasteiger partial charge in [-0.05, 0) is 43.2 Å². The monoisotopic (exact) mass is 279 g/mol. The van der Waals surface area contributed by atoms with Gasteiger partial charge in [-0.25, -0.2) is 4.79 Å². The smallest absolute Gasteiger partial charge is 0.319 e. The first-order valence-corrected chi connectivity index (χ1v) is 7.04. The lowest BCUT2D eigenvalue weighted by atomic mass is 9.97. The Morgan fingerprint density at radius 3 is 2.79 bits per heavy atom. The minimum atomic E-state index is -0.390. The van der Waals surface area contributed by atoms with E-state index in [1.807, 2.05) is 30.7 Å². The highest BCUT2D eigenvalue weighted by Gasteiger charge is 2.31. The molecule has 0 saturated heterocycles. The quantitative estimate of drug-likeness (QED) is 0.791. The number of allylic oxidation sites excluding steroid dienone is 1. The summed E-state index contributed by atoms with van der Waals surface area (Å²) in [6, 6.07) is 1.29. The summed E-state index contributed by atoms with van der Waals surface area (Å²) >= 11 is 1.54. The number of carbonyl (C=O) groups is 2. The van der Waals surface area contributed by atoms with Crippen molar-refractivity contribution in [1.82, 2.24) is 16.0 Å². The zero-order valence-corrected chi connectivity index (χ0v) is 11.9. The number of rotatable bonds is 3. The predicted octanol–water partition coefficient (Wildman–Crippen LogP) is 1.90. The van der Waals surface area contributed by atoms with E-state index in [-0.39, 0.29) is 18.0 Å². The van der Waals surface area contributed by atoms with Crippen molar-refractivity contribution >= 4 is 23.3 Å². The van der Waals surface area contributed by atoms with Crippen molar-refractivity contribution in [3.63, 3.8) is 0 Å². The van der Waals surface area contributed by atoms with Crippen LogP contribution in [0.25, 0.3) is 0 Å². The molecular weight excluding hydrogens is 262 g/mol. The van der Waals surface area contributed by atoms with Gasteiger partial charge in [0.25, 0.3) is 5.91 Å². The molecule has 2 heterocycles. The molecule has 2 rings (SSSR count). The number of hydrogen-bond acceptors (Lipinski definition) is 3. The molecule has 3 N–H and O–H groups in total. The lowest BCUT2D eigenvalue weighted by Gasteiger charge is -2.28. The average Bonchev–Trinajstić information content (AvgIpc) is 2.79. The fraction of sp³-hybridized carbons (Fsp3) is 0.385. The van der Waals surface area contributed by atoms with Crippen molar-refractivity contribution in [1.29, 1.82) is 0 Å². The summed E-state index contributed by atoms with van der Waals surface area (Å²) < 4.78 is 0. The number of nitrogens with one attached hydrogen (secondary N) is 3. The SMILES string of the molecule is CC1=C(C(=O)NC(C)C)C(c2ccsc2)NC(=O)N1. The Labute approximate surface area is 116 Å². The van der Waals surface area contributed by atoms with Crippen LogP contribution in [0.5, 0.6) is 0 Å². The van der Waals surface area contributed by atoms with E-state index in [9.17, 15) is 9.59 Å². The second-order valence-electron chi connectivity index (χ2n) is 4.75. The van der Waals surface area contributed by atoms with Gasteiger partial charge in [-0.3, -0.25) is 4.79 Å². The molecule has 1 unspecified atom stereocenters. The minimum Gasteiger partial charge on any atom is -0.350 e. The molecule has 1 aliphatic rings. The standard InChI is InChI=1S/C13H17N3O2S/c1-7(2)14-12(17)10-8(3)15-13(18)16-11(10)9-4-5-19-6-9/h4-7,11H,1-3H3,(H,14,17)(H2,15,16,18). The van der Waals surface area contributed by atoms with Gasteiger partial charge in [-0.2, -0.15) is 11.3 Å². The van der Waals surface area contributed by atoms with Gasteiger partial charge in [0.05, 0.1) is 11.6 Å². The number of hydrogen-bond donors (Lipinski definition) is 3. The molecule has 0 bridgehead atoms. The van der Waals surface area contributed by atoms with E-state index in [1.165, 1.54) is 11.3 Å². The van der Waals surface area contributed by atoms with Gasteiger partial charge in [-0.15, -0.1) is 0 Å². The summed E-state index contributed by atoms with van der Waals surface area (Å²) in [5.74, 6) is -0.156. The van der Waals surface area contributed by atoms with E-state index in [4.69, 9.17) is 0 Å². The maximum absolute atomic E-state index is 12.3. The summed E-state index contributed by atoms with van der Waals surface area (Å²) in [5, 5.41) is 12.2. The van der Waals surface area contributed by atoms with Crippen molar-refractivity contribution in [3.8, 4) is 0 Å². The van der Waals surface area contributed by atoms with Gasteiger partial charge in [0, 0.05) is 11.7 Å². The van der Waals surface area contributed by atoms with Crippen LogP contribution in [0.1, 0.15) is 32.4 Å². The zero-order valence-electron chi connectivity index (χ0n) is 11.1. The Morgan fingerprint density at radius 1 is 1.47 bits per heavy atom. The molecule has 102 valence electrons. The molecule has 3 amide bonds. The van der Waals surface area contributed by atoms with E-state index in [1.54, 1.807) is 6.92 Å². The van der Waals surface area contributed by atoms with Crippen molar-refractivity contribution in [3.05, 3.63) is 33.7 Å². The van der Waals surface area contributed by atoms with Crippen LogP contribution in [0.2, 0.25) is 0 Å². The van der Waals surface area contributed by atoms with E-state index in [2.05, 4.69) is 16.0 Å². The zero-order chi connectivity index (χ0) is 14.0. The summed E-state index contributed by atoms with van der Waals surface area (Å²) in [5.41, 5.74) is 2.08. The molecule has 0 aliphatic carbocycles. The van der Waals surface area contributed by atoms with Crippen molar-refractivity contribution in [2.24, 2.45) is 0 Å².